The van der Waals surface area contributed by atoms with Gasteiger partial charge in [-0.1, -0.05) is 180 Å². The summed E-state index contributed by atoms with van der Waals surface area (Å²) >= 11 is 0. The molecular formula is C77H159N6NaO19S. The van der Waals surface area contributed by atoms with E-state index in [0.29, 0.717) is 32.2 Å². The summed E-state index contributed by atoms with van der Waals surface area (Å²) in [7, 11) is -4.32. The van der Waals surface area contributed by atoms with E-state index in [1.165, 1.54) is 13.8 Å². The normalized spacial score (nSPS) is 13.5. The molecule has 11 atom stereocenters. The van der Waals surface area contributed by atoms with Crippen LogP contribution in [-0.4, -0.2) is 121 Å². The van der Waals surface area contributed by atoms with E-state index in [1.54, 1.807) is 6.92 Å². The molecule has 0 aromatic carbocycles. The minimum atomic E-state index is -4.32. The van der Waals surface area contributed by atoms with Crippen molar-refractivity contribution >= 4 is 75.4 Å². The first-order valence-corrected chi connectivity index (χ1v) is 39.0. The topological polar surface area (TPSA) is 433 Å². The van der Waals surface area contributed by atoms with Gasteiger partial charge in [-0.2, -0.15) is 0 Å². The van der Waals surface area contributed by atoms with Crippen LogP contribution in [-0.2, 0) is 86.5 Å². The van der Waals surface area contributed by atoms with E-state index in [2.05, 4.69) is 12.2 Å². The summed E-state index contributed by atoms with van der Waals surface area (Å²) in [6, 6.07) is 0. The van der Waals surface area contributed by atoms with E-state index in [0.717, 1.165) is 77.0 Å². The standard InChI is InChI=1S/C9H19NO4S.4C9H18O2.C7H14O2.5C5H11NO.Na/c1-5-7(2)8(11)10-9(3,4)6-15(12,13)14;2*1-6-7(2)8(10)11-9(3,4)5;1-5-8(4)9(10)11-6-7(2)3;1-4-6-7-11-9(10)8(3)5-2;1-4-6(3)7(8)9-5-2;5*1-3-4(2)5(6)7;/h7H,5-6H2,1-4H3,(H,10,11)(H,12,13,14);2*7H,6H2,1-5H3;7-8H,5-6H2,1-4H3;8H,4-7H2,1-3H3;6H,4-5H2,1-3H3;5*4H,3H2,1-2H3,(H2,6,7);/q;;;;;;;;;;;+1/p-1. The molecule has 25 nitrogen and oxygen atoms in total. The van der Waals surface area contributed by atoms with Crippen LogP contribution in [0.15, 0.2) is 0 Å². The quantitative estimate of drug-likeness (QED) is 0.0123. The number of carbonyl (C=O) groups is 11. The van der Waals surface area contributed by atoms with Crippen molar-refractivity contribution < 1.29 is 119 Å². The van der Waals surface area contributed by atoms with Crippen LogP contribution in [0.5, 0.6) is 0 Å². The summed E-state index contributed by atoms with van der Waals surface area (Å²) in [6.07, 6.45) is 11.2. The Kier molecular flexibility index (Phi) is 90.5. The molecule has 0 saturated carbocycles. The Labute approximate surface area is 656 Å². The van der Waals surface area contributed by atoms with Crippen LogP contribution in [0.4, 0.5) is 0 Å². The third kappa shape index (κ3) is 99.1. The Hall–Kier alpha value is -4.92. The maximum absolute atomic E-state index is 11.5. The summed E-state index contributed by atoms with van der Waals surface area (Å²) in [5.74, 6) is -1.58. The average molecular weight is 1530 g/mol. The summed E-state index contributed by atoms with van der Waals surface area (Å²) in [5.41, 5.74) is 22.8. The maximum atomic E-state index is 11.5. The molecule has 0 aliphatic rings. The van der Waals surface area contributed by atoms with Crippen molar-refractivity contribution in [3.05, 3.63) is 0 Å². The third-order valence-electron chi connectivity index (χ3n) is 15.0. The van der Waals surface area contributed by atoms with Crippen LogP contribution in [0, 0.1) is 71.0 Å². The average Bonchev–Trinajstić information content (AvgIpc) is 0.865. The number of carbonyl (C=O) groups excluding carboxylic acids is 11. The molecule has 0 spiro atoms. The second kappa shape index (κ2) is 74.9. The fourth-order valence-corrected chi connectivity index (χ4v) is 5.86. The van der Waals surface area contributed by atoms with Crippen LogP contribution < -0.4 is 63.5 Å². The summed E-state index contributed by atoms with van der Waals surface area (Å²) < 4.78 is 56.8. The van der Waals surface area contributed by atoms with Gasteiger partial charge in [0.2, 0.25) is 35.4 Å². The van der Waals surface area contributed by atoms with Gasteiger partial charge >= 0.3 is 59.4 Å². The molecule has 0 rings (SSSR count). The van der Waals surface area contributed by atoms with Gasteiger partial charge in [0.15, 0.2) is 0 Å². The van der Waals surface area contributed by atoms with E-state index >= 15 is 0 Å². The van der Waals surface area contributed by atoms with E-state index in [4.69, 9.17) is 52.4 Å². The van der Waals surface area contributed by atoms with Gasteiger partial charge in [-0.15, -0.1) is 0 Å². The predicted octanol–water partition coefficient (Wildman–Crippen LogP) is 11.0. The number of rotatable bonds is 31. The molecule has 11 unspecified atom stereocenters. The minimum Gasteiger partial charge on any atom is -0.748 e. The van der Waals surface area contributed by atoms with Crippen molar-refractivity contribution in [1.29, 1.82) is 0 Å². The summed E-state index contributed by atoms with van der Waals surface area (Å²) in [6.45, 7) is 65.7. The maximum Gasteiger partial charge on any atom is 1.00 e. The van der Waals surface area contributed by atoms with Gasteiger partial charge < -0.3 is 62.2 Å². The van der Waals surface area contributed by atoms with Gasteiger partial charge in [-0.05, 0) is 145 Å². The molecule has 6 amide bonds. The van der Waals surface area contributed by atoms with Gasteiger partial charge in [-0.25, -0.2) is 8.42 Å². The van der Waals surface area contributed by atoms with E-state index in [-0.39, 0.29) is 171 Å². The number of hydrogen-bond acceptors (Lipinski definition) is 19. The van der Waals surface area contributed by atoms with Crippen molar-refractivity contribution in [2.24, 2.45) is 99.7 Å². The van der Waals surface area contributed by atoms with E-state index in [1.807, 2.05) is 208 Å². The third-order valence-corrected chi connectivity index (χ3v) is 16.1. The molecule has 0 aromatic rings. The Morgan fingerprint density at radius 3 is 0.750 bits per heavy atom. The van der Waals surface area contributed by atoms with Crippen LogP contribution in [0.3, 0.4) is 0 Å². The Balaban J connectivity index is -0.0000000902. The first-order chi connectivity index (χ1) is 46.7. The first-order valence-electron chi connectivity index (χ1n) is 37.4. The monoisotopic (exact) mass is 1530 g/mol. The SMILES string of the molecule is CCC(C)C(=O)NC(C)(C)CS(=O)(=O)[O-].CCC(C)C(=O)OC(C)(C)C.CCC(C)C(=O)OC(C)(C)C.CCC(C)C(=O)OCC(C)C.CCC(C)C(N)=O.CCC(C)C(N)=O.CCC(C)C(N)=O.CCC(C)C(N)=O.CCC(C)C(N)=O.CCCCOC(=O)C(C)CC.CCOC(=O)C(C)CC.[Na+]. The minimum absolute atomic E-state index is 0. The van der Waals surface area contributed by atoms with Gasteiger partial charge in [0.05, 0.1) is 65.3 Å². The number of ether oxygens (including phenoxy) is 5. The van der Waals surface area contributed by atoms with Crippen LogP contribution in [0.2, 0.25) is 0 Å². The first kappa shape index (κ1) is 126. The molecule has 0 radical (unpaired) electrons. The fraction of sp³-hybridized carbons (Fsp3) is 0.857. The second-order valence-corrected chi connectivity index (χ2v) is 30.3. The molecule has 0 aliphatic heterocycles. The van der Waals surface area contributed by atoms with E-state index < -0.39 is 21.4 Å². The Bertz CT molecular complexity index is 2180. The van der Waals surface area contributed by atoms with Gasteiger partial charge in [0, 0.05) is 41.0 Å². The van der Waals surface area contributed by atoms with Crippen LogP contribution >= 0.6 is 0 Å². The zero-order valence-electron chi connectivity index (χ0n) is 72.5. The van der Waals surface area contributed by atoms with Crippen LogP contribution in [0.1, 0.15) is 319 Å². The zero-order chi connectivity index (χ0) is 84.5. The number of hydrogen-bond donors (Lipinski definition) is 6. The zero-order valence-corrected chi connectivity index (χ0v) is 75.3. The Morgan fingerprint density at radius 1 is 0.356 bits per heavy atom. The van der Waals surface area contributed by atoms with Crippen molar-refractivity contribution in [3.8, 4) is 0 Å². The number of nitrogens with two attached hydrogens (primary N) is 5. The van der Waals surface area contributed by atoms with Crippen LogP contribution in [0.25, 0.3) is 0 Å². The largest absolute Gasteiger partial charge is 1.00 e. The summed E-state index contributed by atoms with van der Waals surface area (Å²) in [4.78, 5) is 117. The number of primary amides is 5. The van der Waals surface area contributed by atoms with Gasteiger partial charge in [-0.3, -0.25) is 52.7 Å². The Morgan fingerprint density at radius 2 is 0.577 bits per heavy atom. The fourth-order valence-electron chi connectivity index (χ4n) is 4.90. The number of unbranched alkanes of at least 4 members (excludes halogenated alkanes) is 1. The summed E-state index contributed by atoms with van der Waals surface area (Å²) in [5, 5.41) is 2.55. The molecule has 0 aromatic heterocycles. The van der Waals surface area contributed by atoms with E-state index in [9.17, 15) is 65.7 Å². The second-order valence-electron chi connectivity index (χ2n) is 28.9. The molecule has 11 N–H and O–H groups in total. The van der Waals surface area contributed by atoms with Gasteiger partial charge in [0.1, 0.15) is 11.2 Å². The molecule has 618 valence electrons. The molecule has 0 fully saturated rings. The number of amides is 6. The van der Waals surface area contributed by atoms with Crippen molar-refractivity contribution in [2.75, 3.05) is 25.6 Å². The van der Waals surface area contributed by atoms with Crippen molar-refractivity contribution in [3.63, 3.8) is 0 Å². The number of nitrogens with one attached hydrogen (secondary N) is 1. The molecule has 0 aliphatic carbocycles. The van der Waals surface area contributed by atoms with Gasteiger partial charge in [0.25, 0.3) is 0 Å². The number of esters is 5. The molecule has 0 heterocycles. The molecular weight excluding hydrogens is 1370 g/mol. The molecule has 27 heteroatoms. The van der Waals surface area contributed by atoms with Crippen molar-refractivity contribution in [1.82, 2.24) is 5.32 Å². The molecule has 0 bridgehead atoms. The molecule has 0 saturated heterocycles. The van der Waals surface area contributed by atoms with Crippen molar-refractivity contribution in [2.45, 2.75) is 336 Å². The molecule has 104 heavy (non-hydrogen) atoms. The smallest absolute Gasteiger partial charge is 0.748 e. The predicted molar refractivity (Wildman–Crippen MR) is 417 cm³/mol.